The first-order chi connectivity index (χ1) is 8.86. The highest BCUT2D eigenvalue weighted by atomic mass is 16.1. The SMILES string of the molecule is Cn1cc(CC(=O)C2CCC(C(C)(C)C)CC2)cn1. The van der Waals surface area contributed by atoms with Gasteiger partial charge in [0.05, 0.1) is 6.20 Å². The zero-order valence-corrected chi connectivity index (χ0v) is 12.6. The van der Waals surface area contributed by atoms with Crippen LogP contribution in [0.15, 0.2) is 12.4 Å². The van der Waals surface area contributed by atoms with E-state index in [1.165, 1.54) is 12.8 Å². The maximum absolute atomic E-state index is 12.3. The Labute approximate surface area is 116 Å². The average Bonchev–Trinajstić information content (AvgIpc) is 2.74. The number of aryl methyl sites for hydroxylation is 1. The van der Waals surface area contributed by atoms with Gasteiger partial charge in [-0.25, -0.2) is 0 Å². The number of aromatic nitrogens is 2. The summed E-state index contributed by atoms with van der Waals surface area (Å²) < 4.78 is 1.76. The zero-order chi connectivity index (χ0) is 14.0. The van der Waals surface area contributed by atoms with Crippen molar-refractivity contribution >= 4 is 5.78 Å². The molecule has 0 aromatic carbocycles. The van der Waals surface area contributed by atoms with Crippen LogP contribution < -0.4 is 0 Å². The molecule has 1 heterocycles. The third-order valence-corrected chi connectivity index (χ3v) is 4.54. The predicted molar refractivity (Wildman–Crippen MR) is 76.8 cm³/mol. The maximum Gasteiger partial charge on any atom is 0.140 e. The van der Waals surface area contributed by atoms with Gasteiger partial charge in [0.25, 0.3) is 0 Å². The van der Waals surface area contributed by atoms with Crippen LogP contribution in [0.5, 0.6) is 0 Å². The number of carbonyl (C=O) groups excluding carboxylic acids is 1. The molecule has 0 aliphatic heterocycles. The lowest BCUT2D eigenvalue weighted by molar-refractivity contribution is -0.123. The molecule has 1 aliphatic carbocycles. The van der Waals surface area contributed by atoms with Gasteiger partial charge in [-0.2, -0.15) is 5.10 Å². The molecule has 1 aromatic heterocycles. The van der Waals surface area contributed by atoms with Crippen molar-refractivity contribution in [2.24, 2.45) is 24.3 Å². The van der Waals surface area contributed by atoms with E-state index in [1.54, 1.807) is 10.9 Å². The summed E-state index contributed by atoms with van der Waals surface area (Å²) >= 11 is 0. The van der Waals surface area contributed by atoms with Crippen LogP contribution in [0.2, 0.25) is 0 Å². The Hall–Kier alpha value is -1.12. The molecule has 0 radical (unpaired) electrons. The van der Waals surface area contributed by atoms with Crippen molar-refractivity contribution in [1.82, 2.24) is 9.78 Å². The Kier molecular flexibility index (Phi) is 4.12. The smallest absolute Gasteiger partial charge is 0.140 e. The van der Waals surface area contributed by atoms with Crippen LogP contribution in [-0.4, -0.2) is 15.6 Å². The largest absolute Gasteiger partial charge is 0.299 e. The standard InChI is InChI=1S/C16H26N2O/c1-16(2,3)14-7-5-13(6-8-14)15(19)9-12-10-17-18(4)11-12/h10-11,13-14H,5-9H2,1-4H3. The number of hydrogen-bond acceptors (Lipinski definition) is 2. The minimum absolute atomic E-state index is 0.277. The summed E-state index contributed by atoms with van der Waals surface area (Å²) in [6, 6.07) is 0. The van der Waals surface area contributed by atoms with Gasteiger partial charge in [0.15, 0.2) is 0 Å². The summed E-state index contributed by atoms with van der Waals surface area (Å²) in [7, 11) is 1.89. The van der Waals surface area contributed by atoms with Gasteiger partial charge in [-0.1, -0.05) is 20.8 Å². The summed E-state index contributed by atoms with van der Waals surface area (Å²) in [4.78, 5) is 12.3. The molecule has 0 saturated heterocycles. The Bertz CT molecular complexity index is 434. The zero-order valence-electron chi connectivity index (χ0n) is 12.6. The molecule has 19 heavy (non-hydrogen) atoms. The fraction of sp³-hybridized carbons (Fsp3) is 0.750. The molecular weight excluding hydrogens is 236 g/mol. The number of Topliss-reactive ketones (excluding diaryl/α,β-unsaturated/α-hetero) is 1. The van der Waals surface area contributed by atoms with E-state index < -0.39 is 0 Å². The number of carbonyl (C=O) groups is 1. The number of rotatable bonds is 3. The van der Waals surface area contributed by atoms with Crippen LogP contribution >= 0.6 is 0 Å². The molecule has 1 aromatic rings. The van der Waals surface area contributed by atoms with E-state index in [0.717, 1.165) is 24.3 Å². The molecule has 0 atom stereocenters. The highest BCUT2D eigenvalue weighted by molar-refractivity contribution is 5.83. The van der Waals surface area contributed by atoms with Gasteiger partial charge in [-0.05, 0) is 42.6 Å². The van der Waals surface area contributed by atoms with Gasteiger partial charge in [0, 0.05) is 25.6 Å². The quantitative estimate of drug-likeness (QED) is 0.837. The van der Waals surface area contributed by atoms with Crippen molar-refractivity contribution in [3.8, 4) is 0 Å². The fourth-order valence-electron chi connectivity index (χ4n) is 3.19. The van der Waals surface area contributed by atoms with Gasteiger partial charge in [-0.3, -0.25) is 9.48 Å². The highest BCUT2D eigenvalue weighted by Gasteiger charge is 2.32. The fourth-order valence-corrected chi connectivity index (χ4v) is 3.19. The van der Waals surface area contributed by atoms with Crippen molar-refractivity contribution in [2.45, 2.75) is 52.9 Å². The van der Waals surface area contributed by atoms with Gasteiger partial charge >= 0.3 is 0 Å². The molecule has 106 valence electrons. The first-order valence-electron chi connectivity index (χ1n) is 7.36. The molecule has 0 N–H and O–H groups in total. The second-order valence-electron chi connectivity index (χ2n) is 7.08. The van der Waals surface area contributed by atoms with Crippen LogP contribution in [-0.2, 0) is 18.3 Å². The molecule has 3 heteroatoms. The highest BCUT2D eigenvalue weighted by Crippen LogP contribution is 2.40. The topological polar surface area (TPSA) is 34.9 Å². The van der Waals surface area contributed by atoms with E-state index in [9.17, 15) is 4.79 Å². The van der Waals surface area contributed by atoms with E-state index in [4.69, 9.17) is 0 Å². The minimum atomic E-state index is 0.277. The predicted octanol–water partition coefficient (Wildman–Crippen LogP) is 3.38. The molecule has 0 unspecified atom stereocenters. The summed E-state index contributed by atoms with van der Waals surface area (Å²) in [5.74, 6) is 1.45. The number of ketones is 1. The van der Waals surface area contributed by atoms with Crippen molar-refractivity contribution < 1.29 is 4.79 Å². The van der Waals surface area contributed by atoms with Gasteiger partial charge in [-0.15, -0.1) is 0 Å². The Morgan fingerprint density at radius 2 is 1.95 bits per heavy atom. The second kappa shape index (κ2) is 5.48. The van der Waals surface area contributed by atoms with E-state index in [-0.39, 0.29) is 5.92 Å². The Morgan fingerprint density at radius 3 is 2.42 bits per heavy atom. The lowest BCUT2D eigenvalue weighted by atomic mass is 9.69. The first-order valence-corrected chi connectivity index (χ1v) is 7.36. The third kappa shape index (κ3) is 3.68. The van der Waals surface area contributed by atoms with Crippen molar-refractivity contribution in [3.05, 3.63) is 18.0 Å². The molecule has 1 fully saturated rings. The van der Waals surface area contributed by atoms with Crippen LogP contribution in [0.25, 0.3) is 0 Å². The van der Waals surface area contributed by atoms with Gasteiger partial charge in [0.2, 0.25) is 0 Å². The maximum atomic E-state index is 12.3. The number of nitrogens with zero attached hydrogens (tertiary/aromatic N) is 2. The molecular formula is C16H26N2O. The Balaban J connectivity index is 1.86. The van der Waals surface area contributed by atoms with Crippen molar-refractivity contribution in [1.29, 1.82) is 0 Å². The molecule has 0 bridgehead atoms. The lowest BCUT2D eigenvalue weighted by Gasteiger charge is -2.36. The molecule has 0 spiro atoms. The molecule has 0 amide bonds. The second-order valence-corrected chi connectivity index (χ2v) is 7.08. The van der Waals surface area contributed by atoms with Crippen LogP contribution in [0.4, 0.5) is 0 Å². The van der Waals surface area contributed by atoms with Gasteiger partial charge in [0.1, 0.15) is 5.78 Å². The summed E-state index contributed by atoms with van der Waals surface area (Å²) in [5, 5.41) is 4.12. The lowest BCUT2D eigenvalue weighted by Crippen LogP contribution is -2.29. The molecule has 3 nitrogen and oxygen atoms in total. The molecule has 1 aliphatic rings. The first kappa shape index (κ1) is 14.3. The van der Waals surface area contributed by atoms with Crippen LogP contribution in [0, 0.1) is 17.3 Å². The normalized spacial score (nSPS) is 24.4. The molecule has 2 rings (SSSR count). The van der Waals surface area contributed by atoms with Crippen molar-refractivity contribution in [2.75, 3.05) is 0 Å². The van der Waals surface area contributed by atoms with Gasteiger partial charge < -0.3 is 0 Å². The monoisotopic (exact) mass is 262 g/mol. The van der Waals surface area contributed by atoms with E-state index in [2.05, 4.69) is 25.9 Å². The Morgan fingerprint density at radius 1 is 1.32 bits per heavy atom. The third-order valence-electron chi connectivity index (χ3n) is 4.54. The van der Waals surface area contributed by atoms with Crippen LogP contribution in [0.3, 0.4) is 0 Å². The minimum Gasteiger partial charge on any atom is -0.299 e. The average molecular weight is 262 g/mol. The van der Waals surface area contributed by atoms with Crippen LogP contribution in [0.1, 0.15) is 52.0 Å². The summed E-state index contributed by atoms with van der Waals surface area (Å²) in [6.07, 6.45) is 8.85. The van der Waals surface area contributed by atoms with E-state index >= 15 is 0 Å². The van der Waals surface area contributed by atoms with Crippen molar-refractivity contribution in [3.63, 3.8) is 0 Å². The summed E-state index contributed by atoms with van der Waals surface area (Å²) in [5.41, 5.74) is 1.43. The molecule has 1 saturated carbocycles. The summed E-state index contributed by atoms with van der Waals surface area (Å²) in [6.45, 7) is 6.94. The van der Waals surface area contributed by atoms with E-state index in [1.807, 2.05) is 13.2 Å². The van der Waals surface area contributed by atoms with E-state index in [0.29, 0.717) is 17.6 Å². The number of hydrogen-bond donors (Lipinski definition) is 0.